The zero-order valence-electron chi connectivity index (χ0n) is 14.7. The maximum absolute atomic E-state index is 13.0. The molecule has 3 rings (SSSR count). The molecule has 0 unspecified atom stereocenters. The summed E-state index contributed by atoms with van der Waals surface area (Å²) in [6.45, 7) is 4.08. The molecule has 2 aromatic rings. The molecule has 2 amide bonds. The molecule has 142 valence electrons. The first-order chi connectivity index (χ1) is 12.5. The number of nitrogens with one attached hydrogen (secondary N) is 1. The molecule has 1 aromatic carbocycles. The van der Waals surface area contributed by atoms with Crippen molar-refractivity contribution in [2.24, 2.45) is 0 Å². The van der Waals surface area contributed by atoms with Crippen LogP contribution in [0, 0.1) is 0 Å². The lowest BCUT2D eigenvalue weighted by Gasteiger charge is -2.34. The molecule has 8 nitrogen and oxygen atoms in total. The van der Waals surface area contributed by atoms with Crippen molar-refractivity contribution in [1.82, 2.24) is 23.3 Å². The number of nitrogens with zero attached hydrogens (tertiary/aromatic N) is 4. The highest BCUT2D eigenvalue weighted by Gasteiger charge is 2.31. The van der Waals surface area contributed by atoms with E-state index in [-0.39, 0.29) is 24.0 Å². The fourth-order valence-corrected chi connectivity index (χ4v) is 5.12. The second kappa shape index (κ2) is 8.28. The fourth-order valence-electron chi connectivity index (χ4n) is 2.94. The van der Waals surface area contributed by atoms with E-state index in [0.717, 1.165) is 31.0 Å². The lowest BCUT2D eigenvalue weighted by molar-refractivity contribution is 0.172. The van der Waals surface area contributed by atoms with Crippen molar-refractivity contribution in [2.75, 3.05) is 32.7 Å². The number of benzene rings is 1. The van der Waals surface area contributed by atoms with Gasteiger partial charge in [-0.1, -0.05) is 25.8 Å². The van der Waals surface area contributed by atoms with Gasteiger partial charge in [-0.3, -0.25) is 0 Å². The normalized spacial score (nSPS) is 16.1. The lowest BCUT2D eigenvalue weighted by atomic mass is 10.2. The number of fused-ring (bicyclic) bond motifs is 1. The zero-order valence-corrected chi connectivity index (χ0v) is 16.4. The molecule has 1 fully saturated rings. The van der Waals surface area contributed by atoms with Gasteiger partial charge in [-0.05, 0) is 18.6 Å². The summed E-state index contributed by atoms with van der Waals surface area (Å²) in [4.78, 5) is 14.0. The van der Waals surface area contributed by atoms with Crippen LogP contribution in [0.25, 0.3) is 11.0 Å². The van der Waals surface area contributed by atoms with E-state index in [9.17, 15) is 13.2 Å². The topological polar surface area (TPSA) is 95.5 Å². The molecule has 1 aromatic heterocycles. The van der Waals surface area contributed by atoms with Gasteiger partial charge in [0.15, 0.2) is 0 Å². The average molecular weight is 398 g/mol. The summed E-state index contributed by atoms with van der Waals surface area (Å²) in [5, 5.41) is 2.90. The second-order valence-electron chi connectivity index (χ2n) is 6.22. The zero-order chi connectivity index (χ0) is 18.6. The van der Waals surface area contributed by atoms with E-state index in [1.54, 1.807) is 23.1 Å². The van der Waals surface area contributed by atoms with Crippen LogP contribution in [0.5, 0.6) is 0 Å². The minimum absolute atomic E-state index is 0.121. The number of sulfonamides is 1. The van der Waals surface area contributed by atoms with Crippen molar-refractivity contribution in [3.63, 3.8) is 0 Å². The maximum atomic E-state index is 13.0. The van der Waals surface area contributed by atoms with Crippen molar-refractivity contribution >= 4 is 38.8 Å². The van der Waals surface area contributed by atoms with Gasteiger partial charge in [-0.2, -0.15) is 13.1 Å². The number of aromatic nitrogens is 2. The average Bonchev–Trinajstić information content (AvgIpc) is 3.14. The Hall–Kier alpha value is -1.78. The minimum atomic E-state index is -3.65. The van der Waals surface area contributed by atoms with E-state index in [4.69, 9.17) is 0 Å². The number of unbranched alkanes of at least 4 members (excludes halogenated alkanes) is 2. The SMILES string of the molecule is CCCCCNC(=O)N1CCN(S(=O)(=O)c2cccc3nsnc23)CC1. The van der Waals surface area contributed by atoms with Crippen LogP contribution in [0.2, 0.25) is 0 Å². The summed E-state index contributed by atoms with van der Waals surface area (Å²) in [6.07, 6.45) is 3.15. The Labute approximate surface area is 157 Å². The van der Waals surface area contributed by atoms with Gasteiger partial charge in [-0.15, -0.1) is 0 Å². The van der Waals surface area contributed by atoms with Crippen LogP contribution in [0.3, 0.4) is 0 Å². The third kappa shape index (κ3) is 3.97. The largest absolute Gasteiger partial charge is 0.338 e. The van der Waals surface area contributed by atoms with Crippen molar-refractivity contribution < 1.29 is 13.2 Å². The van der Waals surface area contributed by atoms with Gasteiger partial charge in [0.05, 0.1) is 11.7 Å². The van der Waals surface area contributed by atoms with Gasteiger partial charge in [0, 0.05) is 32.7 Å². The van der Waals surface area contributed by atoms with E-state index >= 15 is 0 Å². The van der Waals surface area contributed by atoms with Gasteiger partial charge in [0.1, 0.15) is 15.9 Å². The van der Waals surface area contributed by atoms with E-state index in [2.05, 4.69) is 21.0 Å². The Morgan fingerprint density at radius 3 is 2.69 bits per heavy atom. The van der Waals surface area contributed by atoms with Gasteiger partial charge in [0.25, 0.3) is 0 Å². The Morgan fingerprint density at radius 2 is 1.96 bits per heavy atom. The molecular weight excluding hydrogens is 374 g/mol. The molecule has 10 heteroatoms. The molecule has 1 N–H and O–H groups in total. The number of carbonyl (C=O) groups excluding carboxylic acids is 1. The third-order valence-corrected chi connectivity index (χ3v) is 6.92. The smallest absolute Gasteiger partial charge is 0.317 e. The van der Waals surface area contributed by atoms with Gasteiger partial charge in [0.2, 0.25) is 10.0 Å². The van der Waals surface area contributed by atoms with Crippen molar-refractivity contribution in [2.45, 2.75) is 31.1 Å². The van der Waals surface area contributed by atoms with Crippen LogP contribution in [0.1, 0.15) is 26.2 Å². The molecule has 1 aliphatic heterocycles. The molecular formula is C16H23N5O3S2. The Kier molecular flexibility index (Phi) is 6.05. The molecule has 2 heterocycles. The Balaban J connectivity index is 1.62. The first kappa shape index (κ1) is 19.0. The molecule has 26 heavy (non-hydrogen) atoms. The fraction of sp³-hybridized carbons (Fsp3) is 0.562. The van der Waals surface area contributed by atoms with Crippen molar-refractivity contribution in [3.8, 4) is 0 Å². The van der Waals surface area contributed by atoms with Crippen LogP contribution < -0.4 is 5.32 Å². The number of carbonyl (C=O) groups is 1. The highest BCUT2D eigenvalue weighted by Crippen LogP contribution is 2.25. The van der Waals surface area contributed by atoms with Crippen LogP contribution in [0.4, 0.5) is 4.79 Å². The molecule has 0 bridgehead atoms. The highest BCUT2D eigenvalue weighted by atomic mass is 32.2. The minimum Gasteiger partial charge on any atom is -0.338 e. The summed E-state index contributed by atoms with van der Waals surface area (Å²) in [5.74, 6) is 0. The molecule has 0 radical (unpaired) electrons. The van der Waals surface area contributed by atoms with Gasteiger partial charge >= 0.3 is 6.03 Å². The predicted molar refractivity (Wildman–Crippen MR) is 101 cm³/mol. The molecule has 0 spiro atoms. The Morgan fingerprint density at radius 1 is 1.19 bits per heavy atom. The summed E-state index contributed by atoms with van der Waals surface area (Å²) in [7, 11) is -3.65. The maximum Gasteiger partial charge on any atom is 0.317 e. The Bertz CT molecular complexity index is 860. The number of hydrogen-bond acceptors (Lipinski definition) is 6. The molecule has 1 aliphatic rings. The van der Waals surface area contributed by atoms with E-state index in [0.29, 0.717) is 30.7 Å². The third-order valence-electron chi connectivity index (χ3n) is 4.45. The van der Waals surface area contributed by atoms with Crippen LogP contribution in [0.15, 0.2) is 23.1 Å². The molecule has 0 atom stereocenters. The number of amides is 2. The number of rotatable bonds is 6. The van der Waals surface area contributed by atoms with E-state index in [1.165, 1.54) is 4.31 Å². The molecule has 1 saturated heterocycles. The number of urea groups is 1. The number of piperazine rings is 1. The van der Waals surface area contributed by atoms with Crippen LogP contribution >= 0.6 is 11.7 Å². The van der Waals surface area contributed by atoms with E-state index < -0.39 is 10.0 Å². The second-order valence-corrected chi connectivity index (χ2v) is 8.65. The highest BCUT2D eigenvalue weighted by molar-refractivity contribution is 7.89. The predicted octanol–water partition coefficient (Wildman–Crippen LogP) is 1.90. The summed E-state index contributed by atoms with van der Waals surface area (Å²) in [5.41, 5.74) is 0.995. The lowest BCUT2D eigenvalue weighted by Crippen LogP contribution is -2.53. The van der Waals surface area contributed by atoms with Crippen LogP contribution in [-0.2, 0) is 10.0 Å². The summed E-state index contributed by atoms with van der Waals surface area (Å²) >= 11 is 1.00. The number of hydrogen-bond donors (Lipinski definition) is 1. The summed E-state index contributed by atoms with van der Waals surface area (Å²) in [6, 6.07) is 4.87. The molecule has 0 saturated carbocycles. The van der Waals surface area contributed by atoms with Gasteiger partial charge in [-0.25, -0.2) is 13.2 Å². The van der Waals surface area contributed by atoms with E-state index in [1.807, 2.05) is 0 Å². The van der Waals surface area contributed by atoms with Crippen LogP contribution in [-0.4, -0.2) is 65.1 Å². The van der Waals surface area contributed by atoms with Crippen molar-refractivity contribution in [1.29, 1.82) is 0 Å². The molecule has 0 aliphatic carbocycles. The first-order valence-electron chi connectivity index (χ1n) is 8.78. The standard InChI is InChI=1S/C16H23N5O3S2/c1-2-3-4-8-17-16(22)20-9-11-21(12-10-20)26(23,24)14-7-5-6-13-15(14)19-25-18-13/h5-7H,2-4,8-12H2,1H3,(H,17,22). The first-order valence-corrected chi connectivity index (χ1v) is 11.0. The summed E-state index contributed by atoms with van der Waals surface area (Å²) < 4.78 is 35.6. The van der Waals surface area contributed by atoms with Crippen molar-refractivity contribution in [3.05, 3.63) is 18.2 Å². The van der Waals surface area contributed by atoms with Gasteiger partial charge < -0.3 is 10.2 Å². The monoisotopic (exact) mass is 397 g/mol. The quantitative estimate of drug-likeness (QED) is 0.751.